The van der Waals surface area contributed by atoms with Crippen LogP contribution in [-0.2, 0) is 0 Å². The molecule has 0 bridgehead atoms. The minimum atomic E-state index is -0.0807. The normalized spacial score (nSPS) is 22.4. The van der Waals surface area contributed by atoms with Crippen LogP contribution in [0.4, 0.5) is 5.69 Å². The number of hydrogen-bond acceptors (Lipinski definition) is 5. The Morgan fingerprint density at radius 3 is 2.96 bits per heavy atom. The molecule has 1 aromatic carbocycles. The Morgan fingerprint density at radius 2 is 2.16 bits per heavy atom. The first-order chi connectivity index (χ1) is 12.1. The highest BCUT2D eigenvalue weighted by molar-refractivity contribution is 6.07. The average molecular weight is 338 g/mol. The van der Waals surface area contributed by atoms with Gasteiger partial charge in [-0.25, -0.2) is 4.98 Å². The minimum absolute atomic E-state index is 0.0807. The summed E-state index contributed by atoms with van der Waals surface area (Å²) in [6.07, 6.45) is 2.53. The van der Waals surface area contributed by atoms with Gasteiger partial charge < -0.3 is 14.5 Å². The largest absolute Gasteiger partial charge is 0.467 e. The second kappa shape index (κ2) is 6.11. The van der Waals surface area contributed by atoms with E-state index in [1.807, 2.05) is 4.90 Å². The fourth-order valence-electron chi connectivity index (χ4n) is 4.03. The summed E-state index contributed by atoms with van der Waals surface area (Å²) in [5, 5.41) is 0. The number of benzene rings is 1. The topological polar surface area (TPSA) is 58.6 Å². The van der Waals surface area contributed by atoms with Crippen LogP contribution in [0.1, 0.15) is 34.0 Å². The van der Waals surface area contributed by atoms with Crippen LogP contribution in [0.3, 0.4) is 0 Å². The van der Waals surface area contributed by atoms with E-state index in [1.165, 1.54) is 18.2 Å². The van der Waals surface area contributed by atoms with E-state index < -0.39 is 0 Å². The first kappa shape index (κ1) is 16.0. The lowest BCUT2D eigenvalue weighted by atomic mass is 9.89. The number of ether oxygens (including phenoxy) is 1. The number of amides is 1. The average Bonchev–Trinajstić information content (AvgIpc) is 2.94. The molecule has 1 aromatic heterocycles. The molecule has 1 fully saturated rings. The van der Waals surface area contributed by atoms with E-state index in [-0.39, 0.29) is 18.0 Å². The molecule has 6 heteroatoms. The SMILES string of the molecule is COc1nccc(C(=O)N2c3ccc(C)cc3[C@@H]3CN(C)CC[C@H]32)n1. The fraction of sp³-hybridized carbons (Fsp3) is 0.421. The Kier molecular flexibility index (Phi) is 3.92. The number of piperidine rings is 1. The van der Waals surface area contributed by atoms with Gasteiger partial charge in [0.1, 0.15) is 5.69 Å². The second-order valence-electron chi connectivity index (χ2n) is 6.89. The zero-order valence-electron chi connectivity index (χ0n) is 14.8. The second-order valence-corrected chi connectivity index (χ2v) is 6.89. The molecular formula is C19H22N4O2. The van der Waals surface area contributed by atoms with E-state index in [0.29, 0.717) is 11.6 Å². The number of rotatable bonds is 2. The molecular weight excluding hydrogens is 316 g/mol. The number of aromatic nitrogens is 2. The number of hydrogen-bond donors (Lipinski definition) is 0. The molecule has 0 spiro atoms. The molecule has 0 saturated carbocycles. The van der Waals surface area contributed by atoms with Crippen molar-refractivity contribution in [2.75, 3.05) is 32.1 Å². The van der Waals surface area contributed by atoms with Crippen LogP contribution in [0, 0.1) is 6.92 Å². The van der Waals surface area contributed by atoms with Crippen molar-refractivity contribution in [2.45, 2.75) is 25.3 Å². The first-order valence-electron chi connectivity index (χ1n) is 8.58. The van der Waals surface area contributed by atoms with Gasteiger partial charge in [-0.2, -0.15) is 4.98 Å². The summed E-state index contributed by atoms with van der Waals surface area (Å²) in [6, 6.07) is 8.41. The van der Waals surface area contributed by atoms with Crippen LogP contribution < -0.4 is 9.64 Å². The molecule has 25 heavy (non-hydrogen) atoms. The summed E-state index contributed by atoms with van der Waals surface area (Å²) < 4.78 is 5.07. The number of aryl methyl sites for hydroxylation is 1. The summed E-state index contributed by atoms with van der Waals surface area (Å²) in [6.45, 7) is 4.06. The third kappa shape index (κ3) is 2.66. The molecule has 3 heterocycles. The molecule has 0 radical (unpaired) electrons. The predicted molar refractivity (Wildman–Crippen MR) is 95.2 cm³/mol. The third-order valence-electron chi connectivity index (χ3n) is 5.21. The van der Waals surface area contributed by atoms with Crippen molar-refractivity contribution in [3.63, 3.8) is 0 Å². The standard InChI is InChI=1S/C19H22N4O2/c1-12-4-5-16-13(10-12)14-11-22(2)9-7-17(14)23(16)18(24)15-6-8-20-19(21-15)25-3/h4-6,8,10,14,17H,7,9,11H2,1-3H3/t14-,17+/m0/s1. The molecule has 0 aliphatic carbocycles. The van der Waals surface area contributed by atoms with Gasteiger partial charge in [0, 0.05) is 30.4 Å². The van der Waals surface area contributed by atoms with Crippen LogP contribution >= 0.6 is 0 Å². The van der Waals surface area contributed by atoms with Gasteiger partial charge in [0.25, 0.3) is 5.91 Å². The van der Waals surface area contributed by atoms with Crippen molar-refractivity contribution in [1.29, 1.82) is 0 Å². The molecule has 2 aromatic rings. The number of fused-ring (bicyclic) bond motifs is 3. The fourth-order valence-corrected chi connectivity index (χ4v) is 4.03. The summed E-state index contributed by atoms with van der Waals surface area (Å²) in [7, 11) is 3.65. The molecule has 2 atom stereocenters. The Labute approximate surface area is 147 Å². The van der Waals surface area contributed by atoms with Crippen molar-refractivity contribution in [2.24, 2.45) is 0 Å². The Bertz CT molecular complexity index is 823. The Hall–Kier alpha value is -2.47. The molecule has 0 unspecified atom stereocenters. The summed E-state index contributed by atoms with van der Waals surface area (Å²) in [4.78, 5) is 25.8. The molecule has 1 saturated heterocycles. The number of likely N-dealkylation sites (N-methyl/N-ethyl adjacent to an activating group) is 1. The first-order valence-corrected chi connectivity index (χ1v) is 8.58. The molecule has 2 aliphatic rings. The molecule has 6 nitrogen and oxygen atoms in total. The van der Waals surface area contributed by atoms with E-state index in [4.69, 9.17) is 4.74 Å². The van der Waals surface area contributed by atoms with Crippen molar-refractivity contribution in [3.8, 4) is 6.01 Å². The van der Waals surface area contributed by atoms with Gasteiger partial charge in [-0.15, -0.1) is 0 Å². The van der Waals surface area contributed by atoms with Crippen molar-refractivity contribution in [1.82, 2.24) is 14.9 Å². The molecule has 1 amide bonds. The van der Waals surface area contributed by atoms with E-state index in [0.717, 1.165) is 25.2 Å². The number of anilines is 1. The van der Waals surface area contributed by atoms with Gasteiger partial charge in [-0.1, -0.05) is 17.7 Å². The lowest BCUT2D eigenvalue weighted by molar-refractivity contribution is 0.0958. The maximum atomic E-state index is 13.3. The summed E-state index contributed by atoms with van der Waals surface area (Å²) in [5.74, 6) is 0.268. The Balaban J connectivity index is 1.77. The highest BCUT2D eigenvalue weighted by Gasteiger charge is 2.44. The van der Waals surface area contributed by atoms with Crippen molar-refractivity contribution >= 4 is 11.6 Å². The van der Waals surface area contributed by atoms with Crippen LogP contribution in [0.5, 0.6) is 6.01 Å². The van der Waals surface area contributed by atoms with E-state index in [1.54, 1.807) is 12.3 Å². The lowest BCUT2D eigenvalue weighted by Crippen LogP contribution is -2.47. The minimum Gasteiger partial charge on any atom is -0.467 e. The van der Waals surface area contributed by atoms with Crippen LogP contribution in [-0.4, -0.2) is 54.1 Å². The summed E-state index contributed by atoms with van der Waals surface area (Å²) >= 11 is 0. The quantitative estimate of drug-likeness (QED) is 0.840. The summed E-state index contributed by atoms with van der Waals surface area (Å²) in [5.41, 5.74) is 3.88. The zero-order valence-corrected chi connectivity index (χ0v) is 14.8. The lowest BCUT2D eigenvalue weighted by Gasteiger charge is -2.36. The van der Waals surface area contributed by atoms with Crippen LogP contribution in [0.2, 0.25) is 0 Å². The van der Waals surface area contributed by atoms with Gasteiger partial charge in [0.05, 0.1) is 7.11 Å². The zero-order chi connectivity index (χ0) is 17.6. The molecule has 4 rings (SSSR count). The highest BCUT2D eigenvalue weighted by atomic mass is 16.5. The number of likely N-dealkylation sites (tertiary alicyclic amines) is 1. The number of methoxy groups -OCH3 is 1. The third-order valence-corrected chi connectivity index (χ3v) is 5.21. The maximum absolute atomic E-state index is 13.3. The Morgan fingerprint density at radius 1 is 1.32 bits per heavy atom. The predicted octanol–water partition coefficient (Wildman–Crippen LogP) is 2.24. The number of carbonyl (C=O) groups is 1. The van der Waals surface area contributed by atoms with Crippen LogP contribution in [0.25, 0.3) is 0 Å². The maximum Gasteiger partial charge on any atom is 0.316 e. The van der Waals surface area contributed by atoms with Crippen LogP contribution in [0.15, 0.2) is 30.5 Å². The van der Waals surface area contributed by atoms with Gasteiger partial charge in [-0.3, -0.25) is 4.79 Å². The van der Waals surface area contributed by atoms with Gasteiger partial charge >= 0.3 is 6.01 Å². The molecule has 0 N–H and O–H groups in total. The van der Waals surface area contributed by atoms with Gasteiger partial charge in [-0.05, 0) is 44.6 Å². The van der Waals surface area contributed by atoms with Crippen molar-refractivity contribution < 1.29 is 9.53 Å². The molecule has 2 aliphatic heterocycles. The van der Waals surface area contributed by atoms with Gasteiger partial charge in [0.15, 0.2) is 0 Å². The van der Waals surface area contributed by atoms with E-state index >= 15 is 0 Å². The molecule has 130 valence electrons. The van der Waals surface area contributed by atoms with Gasteiger partial charge in [0.2, 0.25) is 0 Å². The monoisotopic (exact) mass is 338 g/mol. The number of nitrogens with zero attached hydrogens (tertiary/aromatic N) is 4. The van der Waals surface area contributed by atoms with E-state index in [2.05, 4.69) is 47.0 Å². The van der Waals surface area contributed by atoms with Crippen molar-refractivity contribution in [3.05, 3.63) is 47.3 Å². The van der Waals surface area contributed by atoms with E-state index in [9.17, 15) is 4.79 Å². The smallest absolute Gasteiger partial charge is 0.316 e. The number of carbonyl (C=O) groups excluding carboxylic acids is 1. The highest BCUT2D eigenvalue weighted by Crippen LogP contribution is 2.45.